The Bertz CT molecular complexity index is 1860. The number of halogens is 4. The van der Waals surface area contributed by atoms with Crippen LogP contribution in [0.4, 0.5) is 36.6 Å². The molecule has 1 atom stereocenters. The maximum absolute atomic E-state index is 13.0. The van der Waals surface area contributed by atoms with Crippen LogP contribution in [-0.2, 0) is 24.7 Å². The van der Waals surface area contributed by atoms with Crippen LogP contribution in [0, 0.1) is 0 Å². The quantitative estimate of drug-likeness (QED) is 0.0813. The standard InChI is InChI=1S/C31H30ClF3N10O6/c1-50-26(49)21(10-14-36-24(47)25(48)40-22-11-15-37-45-22)39-23(46)17-2-8-20(9-3-17)38-27-41-28(43-29(42-27)51-16-31(33,34)35)44-30(12-13-30)18-4-6-19(32)7-5-18/h2-9,11,15,21H,10,12-14,16H2,1H3,(H,36,47)(H,39,46)(H2,37,40,45,48)(H2,38,41,42,43,44)/t21-/m0/s1. The van der Waals surface area contributed by atoms with Gasteiger partial charge in [-0.15, -0.1) is 0 Å². The third kappa shape index (κ3) is 10.3. The molecule has 2 heterocycles. The van der Waals surface area contributed by atoms with Crippen molar-refractivity contribution in [1.29, 1.82) is 0 Å². The number of nitrogens with one attached hydrogen (secondary N) is 6. The second kappa shape index (κ2) is 15.7. The number of carbonyl (C=O) groups excluding carboxylic acids is 4. The van der Waals surface area contributed by atoms with Crippen molar-refractivity contribution in [1.82, 2.24) is 35.8 Å². The van der Waals surface area contributed by atoms with Gasteiger partial charge in [-0.1, -0.05) is 23.7 Å². The molecule has 1 fully saturated rings. The summed E-state index contributed by atoms with van der Waals surface area (Å²) in [6.45, 7) is -1.78. The number of H-pyrrole nitrogens is 1. The second-order valence-corrected chi connectivity index (χ2v) is 11.5. The molecule has 16 nitrogen and oxygen atoms in total. The van der Waals surface area contributed by atoms with Gasteiger partial charge in [-0.25, -0.2) is 4.79 Å². The van der Waals surface area contributed by atoms with Crippen LogP contribution >= 0.6 is 11.6 Å². The van der Waals surface area contributed by atoms with Crippen molar-refractivity contribution in [3.63, 3.8) is 0 Å². The van der Waals surface area contributed by atoms with E-state index in [9.17, 15) is 32.3 Å². The Morgan fingerprint density at radius 3 is 2.29 bits per heavy atom. The number of hydrogen-bond acceptors (Lipinski definition) is 12. The molecule has 0 saturated heterocycles. The van der Waals surface area contributed by atoms with E-state index < -0.39 is 54.1 Å². The van der Waals surface area contributed by atoms with Crippen LogP contribution in [0.5, 0.6) is 6.01 Å². The van der Waals surface area contributed by atoms with E-state index in [1.807, 2.05) is 12.1 Å². The zero-order valence-electron chi connectivity index (χ0n) is 26.6. The van der Waals surface area contributed by atoms with Gasteiger partial charge in [0.15, 0.2) is 12.4 Å². The number of aromatic amines is 1. The van der Waals surface area contributed by atoms with Crippen molar-refractivity contribution in [3.05, 3.63) is 76.9 Å². The first-order valence-electron chi connectivity index (χ1n) is 15.2. The molecule has 3 amide bonds. The average Bonchev–Trinajstić information content (AvgIpc) is 3.69. The summed E-state index contributed by atoms with van der Waals surface area (Å²) in [7, 11) is 1.13. The van der Waals surface area contributed by atoms with Crippen molar-refractivity contribution in [2.24, 2.45) is 0 Å². The molecule has 5 rings (SSSR count). The van der Waals surface area contributed by atoms with Gasteiger partial charge in [-0.05, 0) is 61.2 Å². The van der Waals surface area contributed by atoms with Gasteiger partial charge in [-0.3, -0.25) is 19.5 Å². The monoisotopic (exact) mass is 730 g/mol. The summed E-state index contributed by atoms with van der Waals surface area (Å²) >= 11 is 6.02. The SMILES string of the molecule is COC(=O)[C@H](CCNC(=O)C(=O)Nc1cc[nH]n1)NC(=O)c1ccc(Nc2nc(NC3(c4ccc(Cl)cc4)CC3)nc(OCC(F)(F)F)n2)cc1. The molecule has 1 saturated carbocycles. The molecule has 0 aliphatic heterocycles. The number of alkyl halides is 3. The Balaban J connectivity index is 1.22. The molecule has 1 aliphatic rings. The lowest BCUT2D eigenvalue weighted by Gasteiger charge is -2.19. The zero-order chi connectivity index (χ0) is 36.6. The van der Waals surface area contributed by atoms with Crippen molar-refractivity contribution < 1.29 is 41.8 Å². The van der Waals surface area contributed by atoms with Crippen LogP contribution in [0.15, 0.2) is 60.8 Å². The summed E-state index contributed by atoms with van der Waals surface area (Å²) in [5.74, 6) is -3.44. The van der Waals surface area contributed by atoms with Gasteiger partial charge in [0.2, 0.25) is 11.9 Å². The Labute approximate surface area is 292 Å². The highest BCUT2D eigenvalue weighted by atomic mass is 35.5. The minimum Gasteiger partial charge on any atom is -0.467 e. The molecule has 6 N–H and O–H groups in total. The first-order valence-corrected chi connectivity index (χ1v) is 15.5. The normalized spacial score (nSPS) is 13.7. The average molecular weight is 731 g/mol. The van der Waals surface area contributed by atoms with Crippen LogP contribution in [-0.4, -0.2) is 81.3 Å². The number of methoxy groups -OCH3 is 1. The number of aromatic nitrogens is 5. The van der Waals surface area contributed by atoms with Gasteiger partial charge in [0.25, 0.3) is 5.91 Å². The highest BCUT2D eigenvalue weighted by molar-refractivity contribution is 6.39. The molecular weight excluding hydrogens is 701 g/mol. The van der Waals surface area contributed by atoms with Gasteiger partial charge in [0.1, 0.15) is 6.04 Å². The maximum Gasteiger partial charge on any atom is 0.422 e. The first kappa shape index (κ1) is 36.3. The van der Waals surface area contributed by atoms with Crippen LogP contribution in [0.25, 0.3) is 0 Å². The minimum atomic E-state index is -4.64. The summed E-state index contributed by atoms with van der Waals surface area (Å²) in [5.41, 5.74) is 0.816. The lowest BCUT2D eigenvalue weighted by Crippen LogP contribution is -2.44. The molecule has 2 aromatic heterocycles. The number of benzene rings is 2. The predicted molar refractivity (Wildman–Crippen MR) is 175 cm³/mol. The molecule has 51 heavy (non-hydrogen) atoms. The van der Waals surface area contributed by atoms with Gasteiger partial charge in [0.05, 0.1) is 12.6 Å². The van der Waals surface area contributed by atoms with E-state index >= 15 is 0 Å². The van der Waals surface area contributed by atoms with Crippen molar-refractivity contribution in [3.8, 4) is 6.01 Å². The summed E-state index contributed by atoms with van der Waals surface area (Å²) in [6.07, 6.45) is -1.87. The molecule has 268 valence electrons. The number of esters is 1. The van der Waals surface area contributed by atoms with Crippen LogP contribution in [0.2, 0.25) is 5.02 Å². The number of ether oxygens (including phenoxy) is 2. The lowest BCUT2D eigenvalue weighted by molar-refractivity contribution is -0.154. The number of hydrogen-bond donors (Lipinski definition) is 6. The van der Waals surface area contributed by atoms with E-state index in [2.05, 4.69) is 51.7 Å². The Kier molecular flexibility index (Phi) is 11.2. The number of rotatable bonds is 14. The number of amides is 3. The molecule has 4 aromatic rings. The fraction of sp³-hybridized carbons (Fsp3) is 0.290. The third-order valence-corrected chi connectivity index (χ3v) is 7.59. The van der Waals surface area contributed by atoms with E-state index in [0.29, 0.717) is 23.6 Å². The molecule has 0 spiro atoms. The van der Waals surface area contributed by atoms with Gasteiger partial charge in [0, 0.05) is 35.1 Å². The van der Waals surface area contributed by atoms with E-state index in [-0.39, 0.29) is 36.2 Å². The number of carbonyl (C=O) groups is 4. The van der Waals surface area contributed by atoms with E-state index in [1.165, 1.54) is 36.5 Å². The second-order valence-electron chi connectivity index (χ2n) is 11.1. The van der Waals surface area contributed by atoms with E-state index in [4.69, 9.17) is 21.1 Å². The maximum atomic E-state index is 13.0. The smallest absolute Gasteiger partial charge is 0.422 e. The summed E-state index contributed by atoms with van der Waals surface area (Å²) in [6, 6.07) is 12.6. The van der Waals surface area contributed by atoms with E-state index in [0.717, 1.165) is 12.7 Å². The van der Waals surface area contributed by atoms with Crippen molar-refractivity contribution in [2.45, 2.75) is 37.0 Å². The predicted octanol–water partition coefficient (Wildman–Crippen LogP) is 3.45. The first-order chi connectivity index (χ1) is 24.3. The van der Waals surface area contributed by atoms with Gasteiger partial charge >= 0.3 is 30.0 Å². The molecular formula is C31H30ClF3N10O6. The van der Waals surface area contributed by atoms with E-state index in [1.54, 1.807) is 12.1 Å². The molecule has 20 heteroatoms. The van der Waals surface area contributed by atoms with Gasteiger partial charge in [-0.2, -0.15) is 33.2 Å². The Morgan fingerprint density at radius 2 is 1.67 bits per heavy atom. The summed E-state index contributed by atoms with van der Waals surface area (Å²) < 4.78 is 48.3. The Morgan fingerprint density at radius 1 is 0.961 bits per heavy atom. The highest BCUT2D eigenvalue weighted by Crippen LogP contribution is 2.48. The van der Waals surface area contributed by atoms with Crippen LogP contribution in [0.3, 0.4) is 0 Å². The lowest BCUT2D eigenvalue weighted by atomic mass is 10.1. The summed E-state index contributed by atoms with van der Waals surface area (Å²) in [4.78, 5) is 61.7. The Hall–Kier alpha value is -5.98. The molecule has 0 bridgehead atoms. The number of nitrogens with zero attached hydrogens (tertiary/aromatic N) is 4. The zero-order valence-corrected chi connectivity index (χ0v) is 27.4. The summed E-state index contributed by atoms with van der Waals surface area (Å²) in [5, 5.41) is 19.9. The minimum absolute atomic E-state index is 0.0311. The van der Waals surface area contributed by atoms with Crippen LogP contribution in [0.1, 0.15) is 35.2 Å². The van der Waals surface area contributed by atoms with Crippen molar-refractivity contribution in [2.75, 3.05) is 36.2 Å². The fourth-order valence-electron chi connectivity index (χ4n) is 4.65. The third-order valence-electron chi connectivity index (χ3n) is 7.34. The molecule has 1 aliphatic carbocycles. The molecule has 2 aromatic carbocycles. The highest BCUT2D eigenvalue weighted by Gasteiger charge is 2.45. The fourth-order valence-corrected chi connectivity index (χ4v) is 4.78. The molecule has 0 unspecified atom stereocenters. The largest absolute Gasteiger partial charge is 0.467 e. The van der Waals surface area contributed by atoms with Crippen LogP contribution < -0.4 is 31.3 Å². The molecule has 0 radical (unpaired) electrons. The van der Waals surface area contributed by atoms with Gasteiger partial charge < -0.3 is 36.1 Å². The number of anilines is 4. The van der Waals surface area contributed by atoms with Crippen molar-refractivity contribution >= 4 is 58.7 Å². The topological polar surface area (TPSA) is 214 Å².